The van der Waals surface area contributed by atoms with Gasteiger partial charge >= 0.3 is 0 Å². The standard InChI is InChI=1S/C18H23N3O2/c1-13-17(12-21(19-13)16-8-4-3-5-9-16)18(23)20-10-6-7-15(11-20)14(2)22/h3-5,8-9,12,14-15,22H,6-7,10-11H2,1-2H3. The van der Waals surface area contributed by atoms with Gasteiger partial charge in [-0.2, -0.15) is 5.10 Å². The van der Waals surface area contributed by atoms with E-state index in [-0.39, 0.29) is 17.9 Å². The zero-order valence-corrected chi connectivity index (χ0v) is 13.6. The third-order valence-corrected chi connectivity index (χ3v) is 4.58. The number of aryl methyl sites for hydroxylation is 1. The normalized spacial score (nSPS) is 19.6. The smallest absolute Gasteiger partial charge is 0.257 e. The number of amides is 1. The lowest BCUT2D eigenvalue weighted by Gasteiger charge is -2.34. The number of aliphatic hydroxyl groups excluding tert-OH is 1. The molecule has 5 heteroatoms. The van der Waals surface area contributed by atoms with E-state index in [9.17, 15) is 9.90 Å². The van der Waals surface area contributed by atoms with Gasteiger partial charge in [0.05, 0.1) is 23.0 Å². The van der Waals surface area contributed by atoms with Gasteiger partial charge < -0.3 is 10.0 Å². The second-order valence-corrected chi connectivity index (χ2v) is 6.30. The van der Waals surface area contributed by atoms with E-state index in [0.29, 0.717) is 12.1 Å². The Kier molecular flexibility index (Phi) is 4.48. The van der Waals surface area contributed by atoms with Crippen molar-refractivity contribution in [2.24, 2.45) is 5.92 Å². The van der Waals surface area contributed by atoms with Gasteiger partial charge in [-0.15, -0.1) is 0 Å². The Morgan fingerprint density at radius 2 is 2.09 bits per heavy atom. The fraction of sp³-hybridized carbons (Fsp3) is 0.444. The van der Waals surface area contributed by atoms with Crippen molar-refractivity contribution in [1.82, 2.24) is 14.7 Å². The fourth-order valence-corrected chi connectivity index (χ4v) is 3.14. The van der Waals surface area contributed by atoms with Crippen molar-refractivity contribution in [3.05, 3.63) is 47.8 Å². The van der Waals surface area contributed by atoms with E-state index in [1.54, 1.807) is 17.8 Å². The van der Waals surface area contributed by atoms with Crippen molar-refractivity contribution < 1.29 is 9.90 Å². The van der Waals surface area contributed by atoms with Gasteiger partial charge in [0.25, 0.3) is 5.91 Å². The van der Waals surface area contributed by atoms with Crippen molar-refractivity contribution in [2.45, 2.75) is 32.8 Å². The maximum atomic E-state index is 12.8. The third kappa shape index (κ3) is 3.29. The van der Waals surface area contributed by atoms with E-state index in [1.165, 1.54) is 0 Å². The minimum atomic E-state index is -0.376. The molecule has 1 aliphatic heterocycles. The molecule has 2 aromatic rings. The lowest BCUT2D eigenvalue weighted by atomic mass is 9.93. The molecule has 1 aromatic heterocycles. The molecule has 2 unspecified atom stereocenters. The molecule has 1 aromatic carbocycles. The summed E-state index contributed by atoms with van der Waals surface area (Å²) in [5.74, 6) is 0.173. The molecule has 0 radical (unpaired) electrons. The summed E-state index contributed by atoms with van der Waals surface area (Å²) >= 11 is 0. The molecule has 1 fully saturated rings. The highest BCUT2D eigenvalue weighted by atomic mass is 16.3. The van der Waals surface area contributed by atoms with Crippen LogP contribution in [0.2, 0.25) is 0 Å². The fourth-order valence-electron chi connectivity index (χ4n) is 3.14. The summed E-state index contributed by atoms with van der Waals surface area (Å²) in [6.45, 7) is 5.03. The summed E-state index contributed by atoms with van der Waals surface area (Å²) in [7, 11) is 0. The zero-order valence-electron chi connectivity index (χ0n) is 13.6. The van der Waals surface area contributed by atoms with Gasteiger partial charge in [-0.25, -0.2) is 4.68 Å². The van der Waals surface area contributed by atoms with E-state index in [1.807, 2.05) is 42.2 Å². The molecule has 2 atom stereocenters. The minimum absolute atomic E-state index is 0.00929. The lowest BCUT2D eigenvalue weighted by molar-refractivity contribution is 0.0465. The topological polar surface area (TPSA) is 58.4 Å². The number of rotatable bonds is 3. The Bertz CT molecular complexity index is 679. The third-order valence-electron chi connectivity index (χ3n) is 4.58. The molecule has 2 heterocycles. The van der Waals surface area contributed by atoms with Crippen molar-refractivity contribution in [3.8, 4) is 5.69 Å². The molecule has 0 saturated carbocycles. The number of aromatic nitrogens is 2. The minimum Gasteiger partial charge on any atom is -0.393 e. The van der Waals surface area contributed by atoms with Gasteiger partial charge in [0, 0.05) is 25.2 Å². The van der Waals surface area contributed by atoms with Crippen LogP contribution in [0.15, 0.2) is 36.5 Å². The summed E-state index contributed by atoms with van der Waals surface area (Å²) < 4.78 is 1.75. The number of aliphatic hydroxyl groups is 1. The Balaban J connectivity index is 1.81. The van der Waals surface area contributed by atoms with Crippen LogP contribution < -0.4 is 0 Å². The Hall–Kier alpha value is -2.14. The Labute approximate surface area is 136 Å². The van der Waals surface area contributed by atoms with Crippen LogP contribution >= 0.6 is 0 Å². The van der Waals surface area contributed by atoms with Crippen LogP contribution in [-0.4, -0.2) is 44.9 Å². The van der Waals surface area contributed by atoms with Crippen LogP contribution in [-0.2, 0) is 0 Å². The van der Waals surface area contributed by atoms with Gasteiger partial charge in [0.1, 0.15) is 0 Å². The average molecular weight is 313 g/mol. The van der Waals surface area contributed by atoms with Crippen molar-refractivity contribution >= 4 is 5.91 Å². The first-order valence-corrected chi connectivity index (χ1v) is 8.15. The molecule has 1 saturated heterocycles. The van der Waals surface area contributed by atoms with Gasteiger partial charge in [-0.3, -0.25) is 4.79 Å². The van der Waals surface area contributed by atoms with E-state index < -0.39 is 0 Å². The number of hydrogen-bond donors (Lipinski definition) is 1. The first kappa shape index (κ1) is 15.7. The molecule has 1 amide bonds. The molecule has 3 rings (SSSR count). The molecular formula is C18H23N3O2. The highest BCUT2D eigenvalue weighted by molar-refractivity contribution is 5.95. The van der Waals surface area contributed by atoms with Gasteiger partial charge in [0.2, 0.25) is 0 Å². The highest BCUT2D eigenvalue weighted by Gasteiger charge is 2.28. The van der Waals surface area contributed by atoms with Crippen LogP contribution in [0.25, 0.3) is 5.69 Å². The highest BCUT2D eigenvalue weighted by Crippen LogP contribution is 2.22. The number of benzene rings is 1. The monoisotopic (exact) mass is 313 g/mol. The summed E-state index contributed by atoms with van der Waals surface area (Å²) in [6.07, 6.45) is 3.34. The second kappa shape index (κ2) is 6.54. The van der Waals surface area contributed by atoms with Gasteiger partial charge in [-0.05, 0) is 38.8 Å². The first-order chi connectivity index (χ1) is 11.1. The maximum absolute atomic E-state index is 12.8. The number of piperidine rings is 1. The number of hydrogen-bond acceptors (Lipinski definition) is 3. The summed E-state index contributed by atoms with van der Waals surface area (Å²) in [5, 5.41) is 14.3. The van der Waals surface area contributed by atoms with Crippen LogP contribution in [0.3, 0.4) is 0 Å². The van der Waals surface area contributed by atoms with Crippen LogP contribution in [0.4, 0.5) is 0 Å². The number of para-hydroxylation sites is 1. The van der Waals surface area contributed by atoms with E-state index >= 15 is 0 Å². The summed E-state index contributed by atoms with van der Waals surface area (Å²) in [5.41, 5.74) is 2.31. The quantitative estimate of drug-likeness (QED) is 0.946. The molecule has 122 valence electrons. The largest absolute Gasteiger partial charge is 0.393 e. The number of carbonyl (C=O) groups is 1. The second-order valence-electron chi connectivity index (χ2n) is 6.30. The van der Waals surface area contributed by atoms with Crippen LogP contribution in [0.1, 0.15) is 35.8 Å². The van der Waals surface area contributed by atoms with Gasteiger partial charge in [0.15, 0.2) is 0 Å². The molecule has 0 spiro atoms. The molecule has 0 bridgehead atoms. The predicted molar refractivity (Wildman–Crippen MR) is 88.6 cm³/mol. The molecule has 23 heavy (non-hydrogen) atoms. The van der Waals surface area contributed by atoms with Crippen molar-refractivity contribution in [1.29, 1.82) is 0 Å². The van der Waals surface area contributed by atoms with Gasteiger partial charge in [-0.1, -0.05) is 18.2 Å². The van der Waals surface area contributed by atoms with E-state index in [2.05, 4.69) is 5.10 Å². The van der Waals surface area contributed by atoms with Crippen LogP contribution in [0.5, 0.6) is 0 Å². The van der Waals surface area contributed by atoms with Crippen LogP contribution in [0, 0.1) is 12.8 Å². The maximum Gasteiger partial charge on any atom is 0.257 e. The number of carbonyl (C=O) groups excluding carboxylic acids is 1. The number of likely N-dealkylation sites (tertiary alicyclic amines) is 1. The van der Waals surface area contributed by atoms with Crippen molar-refractivity contribution in [2.75, 3.05) is 13.1 Å². The molecule has 1 N–H and O–H groups in total. The SMILES string of the molecule is Cc1nn(-c2ccccc2)cc1C(=O)N1CCCC(C(C)O)C1. The molecule has 1 aliphatic rings. The summed E-state index contributed by atoms with van der Waals surface area (Å²) in [6, 6.07) is 9.78. The van der Waals surface area contributed by atoms with E-state index in [0.717, 1.165) is 30.8 Å². The molecular weight excluding hydrogens is 290 g/mol. The zero-order chi connectivity index (χ0) is 16.4. The first-order valence-electron chi connectivity index (χ1n) is 8.15. The predicted octanol–water partition coefficient (Wildman–Crippen LogP) is 2.41. The van der Waals surface area contributed by atoms with Crippen molar-refractivity contribution in [3.63, 3.8) is 0 Å². The molecule has 0 aliphatic carbocycles. The molecule has 5 nitrogen and oxygen atoms in total. The number of nitrogens with zero attached hydrogens (tertiary/aromatic N) is 3. The Morgan fingerprint density at radius 3 is 2.78 bits per heavy atom. The summed E-state index contributed by atoms with van der Waals surface area (Å²) in [4.78, 5) is 14.7. The Morgan fingerprint density at radius 1 is 1.35 bits per heavy atom. The lowest BCUT2D eigenvalue weighted by Crippen LogP contribution is -2.43. The average Bonchev–Trinajstić information content (AvgIpc) is 2.97. The van der Waals surface area contributed by atoms with E-state index in [4.69, 9.17) is 0 Å².